The molecule has 4 nitrogen and oxygen atoms in total. The van der Waals surface area contributed by atoms with Crippen LogP contribution in [-0.4, -0.2) is 15.3 Å². The van der Waals surface area contributed by atoms with Crippen molar-refractivity contribution in [3.8, 4) is 0 Å². The SMILES string of the molecule is Cc1ccn2c(C(CC(=O)Nc3ccc(C)c(C)c3)c3cccc(C(F)(F)F)c3)cnc2c1. The van der Waals surface area contributed by atoms with E-state index in [-0.39, 0.29) is 12.3 Å². The number of benzene rings is 2. The minimum absolute atomic E-state index is 0.0318. The molecule has 7 heteroatoms. The number of aryl methyl sites for hydroxylation is 3. The number of aromatic nitrogens is 2. The third-order valence-electron chi connectivity index (χ3n) is 5.85. The second-order valence-electron chi connectivity index (χ2n) is 8.34. The van der Waals surface area contributed by atoms with Crippen LogP contribution >= 0.6 is 0 Å². The number of rotatable bonds is 5. The van der Waals surface area contributed by atoms with Gasteiger partial charge in [-0.2, -0.15) is 13.2 Å². The summed E-state index contributed by atoms with van der Waals surface area (Å²) in [7, 11) is 0. The van der Waals surface area contributed by atoms with Gasteiger partial charge in [0, 0.05) is 30.4 Å². The molecular weight excluding hydrogens is 427 g/mol. The first-order valence-corrected chi connectivity index (χ1v) is 10.6. The Kier molecular flexibility index (Phi) is 5.97. The Hall–Kier alpha value is -3.61. The number of hydrogen-bond donors (Lipinski definition) is 1. The molecule has 4 rings (SSSR count). The van der Waals surface area contributed by atoms with Crippen molar-refractivity contribution in [2.45, 2.75) is 39.3 Å². The summed E-state index contributed by atoms with van der Waals surface area (Å²) in [5, 5.41) is 2.88. The second-order valence-corrected chi connectivity index (χ2v) is 8.34. The fraction of sp³-hybridized carbons (Fsp3) is 0.231. The summed E-state index contributed by atoms with van der Waals surface area (Å²) in [6.45, 7) is 5.88. The van der Waals surface area contributed by atoms with Crippen LogP contribution in [-0.2, 0) is 11.0 Å². The lowest BCUT2D eigenvalue weighted by molar-refractivity contribution is -0.137. The number of hydrogen-bond acceptors (Lipinski definition) is 2. The lowest BCUT2D eigenvalue weighted by Gasteiger charge is -2.19. The van der Waals surface area contributed by atoms with Crippen LogP contribution in [0.2, 0.25) is 0 Å². The van der Waals surface area contributed by atoms with Crippen LogP contribution < -0.4 is 5.32 Å². The van der Waals surface area contributed by atoms with Crippen LogP contribution in [0.4, 0.5) is 18.9 Å². The summed E-state index contributed by atoms with van der Waals surface area (Å²) in [4.78, 5) is 17.4. The van der Waals surface area contributed by atoms with Crippen molar-refractivity contribution in [2.24, 2.45) is 0 Å². The summed E-state index contributed by atoms with van der Waals surface area (Å²) >= 11 is 0. The van der Waals surface area contributed by atoms with Gasteiger partial charge < -0.3 is 9.72 Å². The van der Waals surface area contributed by atoms with E-state index in [1.54, 1.807) is 12.3 Å². The van der Waals surface area contributed by atoms with Gasteiger partial charge in [0.1, 0.15) is 5.65 Å². The Morgan fingerprint density at radius 2 is 1.82 bits per heavy atom. The van der Waals surface area contributed by atoms with Crippen molar-refractivity contribution in [1.82, 2.24) is 9.38 Å². The maximum atomic E-state index is 13.4. The highest BCUT2D eigenvalue weighted by atomic mass is 19.4. The van der Waals surface area contributed by atoms with E-state index in [0.717, 1.165) is 28.8 Å². The number of alkyl halides is 3. The largest absolute Gasteiger partial charge is 0.416 e. The fourth-order valence-electron chi connectivity index (χ4n) is 3.90. The molecule has 0 bridgehead atoms. The number of anilines is 1. The zero-order valence-electron chi connectivity index (χ0n) is 18.6. The molecule has 2 heterocycles. The van der Waals surface area contributed by atoms with Gasteiger partial charge in [0.25, 0.3) is 0 Å². The van der Waals surface area contributed by atoms with Crippen molar-refractivity contribution < 1.29 is 18.0 Å². The van der Waals surface area contributed by atoms with E-state index >= 15 is 0 Å². The third kappa shape index (κ3) is 4.92. The Bertz CT molecular complexity index is 1320. The molecule has 2 aromatic carbocycles. The summed E-state index contributed by atoms with van der Waals surface area (Å²) in [5.41, 5.74) is 4.81. The van der Waals surface area contributed by atoms with Crippen LogP contribution in [0, 0.1) is 20.8 Å². The molecule has 1 N–H and O–H groups in total. The molecule has 0 saturated carbocycles. The van der Waals surface area contributed by atoms with Gasteiger partial charge in [-0.1, -0.05) is 24.3 Å². The van der Waals surface area contributed by atoms with Gasteiger partial charge >= 0.3 is 6.18 Å². The van der Waals surface area contributed by atoms with Crippen LogP contribution in [0.1, 0.15) is 45.8 Å². The van der Waals surface area contributed by atoms with Crippen LogP contribution in [0.25, 0.3) is 5.65 Å². The first-order chi connectivity index (χ1) is 15.6. The first kappa shape index (κ1) is 22.6. The Morgan fingerprint density at radius 1 is 1.03 bits per heavy atom. The monoisotopic (exact) mass is 451 g/mol. The smallest absolute Gasteiger partial charge is 0.326 e. The zero-order valence-corrected chi connectivity index (χ0v) is 18.6. The number of nitrogens with one attached hydrogen (secondary N) is 1. The van der Waals surface area contributed by atoms with Crippen molar-refractivity contribution in [2.75, 3.05) is 5.32 Å². The molecule has 0 spiro atoms. The third-order valence-corrected chi connectivity index (χ3v) is 5.85. The number of amides is 1. The molecule has 170 valence electrons. The van der Waals surface area contributed by atoms with E-state index in [0.29, 0.717) is 22.6 Å². The molecule has 1 amide bonds. The molecule has 1 atom stereocenters. The number of fused-ring (bicyclic) bond motifs is 1. The van der Waals surface area contributed by atoms with Crippen LogP contribution in [0.3, 0.4) is 0 Å². The predicted molar refractivity (Wildman–Crippen MR) is 122 cm³/mol. The highest BCUT2D eigenvalue weighted by molar-refractivity contribution is 5.91. The minimum Gasteiger partial charge on any atom is -0.326 e. The Balaban J connectivity index is 1.72. The second kappa shape index (κ2) is 8.73. The molecule has 4 aromatic rings. The lowest BCUT2D eigenvalue weighted by Crippen LogP contribution is -2.18. The summed E-state index contributed by atoms with van der Waals surface area (Å²) in [6.07, 6.45) is -1.05. The Morgan fingerprint density at radius 3 is 2.55 bits per heavy atom. The van der Waals surface area contributed by atoms with Gasteiger partial charge in [-0.25, -0.2) is 4.98 Å². The van der Waals surface area contributed by atoms with Crippen molar-refractivity contribution in [3.63, 3.8) is 0 Å². The quantitative estimate of drug-likeness (QED) is 0.380. The van der Waals surface area contributed by atoms with Crippen LogP contribution in [0.5, 0.6) is 0 Å². The van der Waals surface area contributed by atoms with E-state index in [2.05, 4.69) is 10.3 Å². The van der Waals surface area contributed by atoms with Gasteiger partial charge in [0.15, 0.2) is 0 Å². The molecule has 0 aliphatic carbocycles. The van der Waals surface area contributed by atoms with E-state index in [4.69, 9.17) is 0 Å². The molecule has 0 aliphatic heterocycles. The number of imidazole rings is 1. The van der Waals surface area contributed by atoms with Gasteiger partial charge in [0.2, 0.25) is 5.91 Å². The molecule has 0 aliphatic rings. The number of pyridine rings is 1. The average molecular weight is 451 g/mol. The van der Waals surface area contributed by atoms with E-state index in [1.165, 1.54) is 6.07 Å². The maximum absolute atomic E-state index is 13.4. The standard InChI is InChI=1S/C26H24F3N3O/c1-16-9-10-32-23(15-30-24(32)11-16)22(19-5-4-6-20(13-19)26(27,28)29)14-25(33)31-21-8-7-17(2)18(3)12-21/h4-13,15,22H,14H2,1-3H3,(H,31,33). The topological polar surface area (TPSA) is 46.4 Å². The van der Waals surface area contributed by atoms with Gasteiger partial charge in [-0.15, -0.1) is 0 Å². The summed E-state index contributed by atoms with van der Waals surface area (Å²) < 4.78 is 42.0. The zero-order chi connectivity index (χ0) is 23.8. The normalized spacial score (nSPS) is 12.7. The Labute approximate surface area is 190 Å². The van der Waals surface area contributed by atoms with E-state index < -0.39 is 17.7 Å². The lowest BCUT2D eigenvalue weighted by atomic mass is 9.91. The van der Waals surface area contributed by atoms with E-state index in [1.807, 2.05) is 61.7 Å². The maximum Gasteiger partial charge on any atom is 0.416 e. The average Bonchev–Trinajstić information content (AvgIpc) is 3.17. The summed E-state index contributed by atoms with van der Waals surface area (Å²) in [5.74, 6) is -0.903. The van der Waals surface area contributed by atoms with Gasteiger partial charge in [0.05, 0.1) is 11.3 Å². The molecule has 33 heavy (non-hydrogen) atoms. The molecule has 1 unspecified atom stereocenters. The molecule has 0 fully saturated rings. The highest BCUT2D eigenvalue weighted by Crippen LogP contribution is 2.35. The number of halogens is 3. The molecule has 0 saturated heterocycles. The molecule has 2 aromatic heterocycles. The van der Waals surface area contributed by atoms with Crippen molar-refractivity contribution >= 4 is 17.2 Å². The molecule has 0 radical (unpaired) electrons. The molecular formula is C26H24F3N3O. The van der Waals surface area contributed by atoms with Crippen LogP contribution in [0.15, 0.2) is 67.0 Å². The highest BCUT2D eigenvalue weighted by Gasteiger charge is 2.32. The van der Waals surface area contributed by atoms with Gasteiger partial charge in [-0.3, -0.25) is 4.79 Å². The number of carbonyl (C=O) groups excluding carboxylic acids is 1. The predicted octanol–water partition coefficient (Wildman–Crippen LogP) is 6.44. The summed E-state index contributed by atoms with van der Waals surface area (Å²) in [6, 6.07) is 14.5. The first-order valence-electron chi connectivity index (χ1n) is 10.6. The number of nitrogens with zero attached hydrogens (tertiary/aromatic N) is 2. The fourth-order valence-corrected chi connectivity index (χ4v) is 3.90. The minimum atomic E-state index is -4.47. The van der Waals surface area contributed by atoms with Crippen molar-refractivity contribution in [3.05, 3.63) is 101 Å². The van der Waals surface area contributed by atoms with Gasteiger partial charge in [-0.05, 0) is 73.4 Å². The number of carbonyl (C=O) groups is 1. The van der Waals surface area contributed by atoms with Crippen molar-refractivity contribution in [1.29, 1.82) is 0 Å². The van der Waals surface area contributed by atoms with E-state index in [9.17, 15) is 18.0 Å².